The number of ether oxygens (including phenoxy) is 3. The Labute approximate surface area is 117 Å². The van der Waals surface area contributed by atoms with Crippen molar-refractivity contribution < 1.29 is 28.2 Å². The molecule has 0 fully saturated rings. The van der Waals surface area contributed by atoms with Crippen LogP contribution in [0.5, 0.6) is 0 Å². The van der Waals surface area contributed by atoms with Crippen molar-refractivity contribution in [3.8, 4) is 0 Å². The van der Waals surface area contributed by atoms with Crippen LogP contribution in [-0.4, -0.2) is 31.8 Å². The first-order valence-electron chi connectivity index (χ1n) is 6.10. The summed E-state index contributed by atoms with van der Waals surface area (Å²) < 4.78 is 20.1. The average molecular weight is 282 g/mol. The third-order valence-corrected chi connectivity index (χ3v) is 2.50. The van der Waals surface area contributed by atoms with E-state index >= 15 is 0 Å². The van der Waals surface area contributed by atoms with Crippen molar-refractivity contribution in [2.75, 3.05) is 13.7 Å². The normalized spacial score (nSPS) is 13.3. The molecule has 1 aromatic heterocycles. The zero-order chi connectivity index (χ0) is 15.1. The first-order chi connectivity index (χ1) is 9.49. The molecule has 0 aliphatic carbocycles. The van der Waals surface area contributed by atoms with E-state index in [1.54, 1.807) is 26.0 Å². The third-order valence-electron chi connectivity index (χ3n) is 2.50. The second-order valence-electron chi connectivity index (χ2n) is 4.04. The van der Waals surface area contributed by atoms with Crippen LogP contribution < -0.4 is 0 Å². The molecule has 0 aromatic carbocycles. The van der Waals surface area contributed by atoms with Crippen molar-refractivity contribution in [3.63, 3.8) is 0 Å². The predicted molar refractivity (Wildman–Crippen MR) is 70.2 cm³/mol. The summed E-state index contributed by atoms with van der Waals surface area (Å²) >= 11 is 0. The van der Waals surface area contributed by atoms with Gasteiger partial charge in [0.1, 0.15) is 5.76 Å². The zero-order valence-electron chi connectivity index (χ0n) is 11.8. The van der Waals surface area contributed by atoms with Gasteiger partial charge in [-0.05, 0) is 26.0 Å². The number of furan rings is 1. The fraction of sp³-hybridized carbons (Fsp3) is 0.429. The van der Waals surface area contributed by atoms with Crippen LogP contribution in [0, 0.1) is 0 Å². The van der Waals surface area contributed by atoms with Crippen molar-refractivity contribution >= 4 is 11.9 Å². The van der Waals surface area contributed by atoms with Crippen molar-refractivity contribution in [3.05, 3.63) is 36.3 Å². The van der Waals surface area contributed by atoms with Crippen molar-refractivity contribution in [1.29, 1.82) is 0 Å². The van der Waals surface area contributed by atoms with E-state index in [9.17, 15) is 9.59 Å². The minimum Gasteiger partial charge on any atom is -0.463 e. The second kappa shape index (κ2) is 7.49. The fourth-order valence-electron chi connectivity index (χ4n) is 1.39. The highest BCUT2D eigenvalue weighted by atomic mass is 16.6. The summed E-state index contributed by atoms with van der Waals surface area (Å²) in [7, 11) is 1.26. The highest BCUT2D eigenvalue weighted by Crippen LogP contribution is 2.21. The van der Waals surface area contributed by atoms with E-state index in [-0.39, 0.29) is 12.4 Å². The van der Waals surface area contributed by atoms with Gasteiger partial charge in [0, 0.05) is 0 Å². The average Bonchev–Trinajstić information content (AvgIpc) is 2.93. The maximum absolute atomic E-state index is 11.7. The monoisotopic (exact) mass is 282 g/mol. The van der Waals surface area contributed by atoms with E-state index in [4.69, 9.17) is 13.9 Å². The predicted octanol–water partition coefficient (Wildman–Crippen LogP) is 2.26. The summed E-state index contributed by atoms with van der Waals surface area (Å²) in [6.07, 6.45) is 0.212. The van der Waals surface area contributed by atoms with E-state index in [2.05, 4.69) is 11.3 Å². The molecular weight excluding hydrogens is 264 g/mol. The SMILES string of the molecule is C=CCOC(C)C(=O)OC(C)c1ccc(C(=O)OC)o1. The topological polar surface area (TPSA) is 75.0 Å². The van der Waals surface area contributed by atoms with Crippen LogP contribution in [0.1, 0.15) is 36.3 Å². The first-order valence-corrected chi connectivity index (χ1v) is 6.10. The summed E-state index contributed by atoms with van der Waals surface area (Å²) in [6, 6.07) is 3.02. The van der Waals surface area contributed by atoms with Crippen molar-refractivity contribution in [1.82, 2.24) is 0 Å². The van der Waals surface area contributed by atoms with E-state index in [1.807, 2.05) is 0 Å². The molecule has 2 atom stereocenters. The standard InChI is InChI=1S/C14H18O6/c1-5-8-18-10(3)13(15)19-9(2)11-6-7-12(20-11)14(16)17-4/h5-7,9-10H,1,8H2,2-4H3. The Morgan fingerprint density at radius 1 is 1.40 bits per heavy atom. The number of methoxy groups -OCH3 is 1. The highest BCUT2D eigenvalue weighted by molar-refractivity contribution is 5.86. The molecule has 0 N–H and O–H groups in total. The number of carbonyl (C=O) groups is 2. The summed E-state index contributed by atoms with van der Waals surface area (Å²) in [5.41, 5.74) is 0. The molecule has 1 aromatic rings. The summed E-state index contributed by atoms with van der Waals surface area (Å²) in [6.45, 7) is 6.97. The van der Waals surface area contributed by atoms with Gasteiger partial charge in [-0.25, -0.2) is 9.59 Å². The van der Waals surface area contributed by atoms with Gasteiger partial charge in [0.05, 0.1) is 13.7 Å². The van der Waals surface area contributed by atoms with Crippen LogP contribution in [0.3, 0.4) is 0 Å². The molecule has 6 heteroatoms. The van der Waals surface area contributed by atoms with E-state index < -0.39 is 24.1 Å². The molecule has 1 rings (SSSR count). The molecule has 110 valence electrons. The van der Waals surface area contributed by atoms with Crippen LogP contribution in [-0.2, 0) is 19.0 Å². The number of carbonyl (C=O) groups excluding carboxylic acids is 2. The maximum atomic E-state index is 11.7. The Hall–Kier alpha value is -2.08. The lowest BCUT2D eigenvalue weighted by atomic mass is 10.3. The molecule has 0 aliphatic heterocycles. The number of hydrogen-bond acceptors (Lipinski definition) is 6. The Bertz CT molecular complexity index is 476. The van der Waals surface area contributed by atoms with Crippen LogP contribution in [0.4, 0.5) is 0 Å². The minimum absolute atomic E-state index is 0.0568. The van der Waals surface area contributed by atoms with Gasteiger partial charge in [0.25, 0.3) is 0 Å². The molecule has 0 radical (unpaired) electrons. The molecule has 1 heterocycles. The molecule has 20 heavy (non-hydrogen) atoms. The lowest BCUT2D eigenvalue weighted by Crippen LogP contribution is -2.24. The highest BCUT2D eigenvalue weighted by Gasteiger charge is 2.21. The number of esters is 2. The zero-order valence-corrected chi connectivity index (χ0v) is 11.8. The molecule has 0 saturated carbocycles. The molecule has 0 saturated heterocycles. The van der Waals surface area contributed by atoms with E-state index in [0.717, 1.165) is 0 Å². The first kappa shape index (κ1) is 16.0. The Morgan fingerprint density at radius 3 is 2.70 bits per heavy atom. The van der Waals surface area contributed by atoms with E-state index in [1.165, 1.54) is 13.2 Å². The Morgan fingerprint density at radius 2 is 2.10 bits per heavy atom. The minimum atomic E-state index is -0.703. The molecule has 0 spiro atoms. The maximum Gasteiger partial charge on any atom is 0.373 e. The van der Waals surface area contributed by atoms with Gasteiger partial charge in [0.2, 0.25) is 5.76 Å². The van der Waals surface area contributed by atoms with Crippen LogP contribution >= 0.6 is 0 Å². The molecular formula is C14H18O6. The summed E-state index contributed by atoms with van der Waals surface area (Å²) in [4.78, 5) is 23.0. The molecule has 0 bridgehead atoms. The van der Waals surface area contributed by atoms with Crippen molar-refractivity contribution in [2.24, 2.45) is 0 Å². The van der Waals surface area contributed by atoms with Gasteiger partial charge in [-0.1, -0.05) is 6.08 Å². The van der Waals surface area contributed by atoms with Gasteiger partial charge >= 0.3 is 11.9 Å². The quantitative estimate of drug-likeness (QED) is 0.564. The molecule has 6 nitrogen and oxygen atoms in total. The number of hydrogen-bond donors (Lipinski definition) is 0. The summed E-state index contributed by atoms with van der Waals surface area (Å²) in [5.74, 6) is -0.691. The molecule has 0 aliphatic rings. The Balaban J connectivity index is 2.59. The Kier molecular flexibility index (Phi) is 5.99. The smallest absolute Gasteiger partial charge is 0.373 e. The molecule has 2 unspecified atom stereocenters. The largest absolute Gasteiger partial charge is 0.463 e. The van der Waals surface area contributed by atoms with Gasteiger partial charge in [-0.2, -0.15) is 0 Å². The van der Waals surface area contributed by atoms with Gasteiger partial charge in [-0.3, -0.25) is 0 Å². The fourth-order valence-corrected chi connectivity index (χ4v) is 1.39. The number of rotatable bonds is 7. The lowest BCUT2D eigenvalue weighted by Gasteiger charge is -2.15. The summed E-state index contributed by atoms with van der Waals surface area (Å²) in [5, 5.41) is 0. The van der Waals surface area contributed by atoms with Gasteiger partial charge < -0.3 is 18.6 Å². The molecule has 0 amide bonds. The van der Waals surface area contributed by atoms with Crippen LogP contribution in [0.2, 0.25) is 0 Å². The van der Waals surface area contributed by atoms with Crippen LogP contribution in [0.25, 0.3) is 0 Å². The van der Waals surface area contributed by atoms with Crippen molar-refractivity contribution in [2.45, 2.75) is 26.1 Å². The second-order valence-corrected chi connectivity index (χ2v) is 4.04. The van der Waals surface area contributed by atoms with Crippen LogP contribution in [0.15, 0.2) is 29.2 Å². The van der Waals surface area contributed by atoms with E-state index in [0.29, 0.717) is 5.76 Å². The lowest BCUT2D eigenvalue weighted by molar-refractivity contribution is -0.161. The van der Waals surface area contributed by atoms with Gasteiger partial charge in [-0.15, -0.1) is 6.58 Å². The van der Waals surface area contributed by atoms with Gasteiger partial charge in [0.15, 0.2) is 12.2 Å². The third kappa shape index (κ3) is 4.24.